The van der Waals surface area contributed by atoms with E-state index in [1.165, 1.54) is 51.4 Å². The Morgan fingerprint density at radius 2 is 1.61 bits per heavy atom. The average molecular weight is 253 g/mol. The molecule has 2 aliphatic carbocycles. The van der Waals surface area contributed by atoms with E-state index < -0.39 is 5.60 Å². The Bertz CT molecular complexity index is 225. The summed E-state index contributed by atoms with van der Waals surface area (Å²) in [6.45, 7) is 4.31. The van der Waals surface area contributed by atoms with Gasteiger partial charge >= 0.3 is 0 Å². The summed E-state index contributed by atoms with van der Waals surface area (Å²) >= 11 is 0. The van der Waals surface area contributed by atoms with E-state index >= 15 is 0 Å². The maximum absolute atomic E-state index is 10.6. The quantitative estimate of drug-likeness (QED) is 0.752. The second kappa shape index (κ2) is 6.91. The van der Waals surface area contributed by atoms with Gasteiger partial charge in [-0.25, -0.2) is 0 Å². The Labute approximate surface area is 113 Å². The highest BCUT2D eigenvalue weighted by Gasteiger charge is 2.28. The predicted octanol–water partition coefficient (Wildman–Crippen LogP) is 3.49. The lowest BCUT2D eigenvalue weighted by molar-refractivity contribution is 0.0241. The first-order valence-corrected chi connectivity index (χ1v) is 8.11. The van der Waals surface area contributed by atoms with Gasteiger partial charge in [-0.2, -0.15) is 0 Å². The first-order chi connectivity index (χ1) is 8.68. The zero-order chi connectivity index (χ0) is 12.8. The summed E-state index contributed by atoms with van der Waals surface area (Å²) < 4.78 is 0. The Balaban J connectivity index is 1.64. The Kier molecular flexibility index (Phi) is 5.50. The van der Waals surface area contributed by atoms with Gasteiger partial charge in [-0.15, -0.1) is 0 Å². The molecule has 0 aliphatic heterocycles. The van der Waals surface area contributed by atoms with Crippen LogP contribution >= 0.6 is 0 Å². The second-order valence-electron chi connectivity index (χ2n) is 6.90. The van der Waals surface area contributed by atoms with Crippen LogP contribution in [-0.2, 0) is 0 Å². The van der Waals surface area contributed by atoms with Crippen LogP contribution in [0.4, 0.5) is 0 Å². The number of rotatable bonds is 4. The van der Waals surface area contributed by atoms with Gasteiger partial charge in [0, 0.05) is 6.54 Å². The molecule has 0 heterocycles. The van der Waals surface area contributed by atoms with E-state index in [1.54, 1.807) is 0 Å². The van der Waals surface area contributed by atoms with Gasteiger partial charge in [0.1, 0.15) is 0 Å². The van der Waals surface area contributed by atoms with E-state index in [4.69, 9.17) is 0 Å². The fraction of sp³-hybridized carbons (Fsp3) is 1.00. The fourth-order valence-electron chi connectivity index (χ4n) is 3.61. The first-order valence-electron chi connectivity index (χ1n) is 8.11. The molecule has 2 rings (SSSR count). The fourth-order valence-corrected chi connectivity index (χ4v) is 3.61. The van der Waals surface area contributed by atoms with Crippen LogP contribution in [0.3, 0.4) is 0 Å². The largest absolute Gasteiger partial charge is 0.389 e. The maximum atomic E-state index is 10.6. The molecule has 0 unspecified atom stereocenters. The molecular weight excluding hydrogens is 222 g/mol. The summed E-state index contributed by atoms with van der Waals surface area (Å²) in [5.74, 6) is 1.79. The lowest BCUT2D eigenvalue weighted by Crippen LogP contribution is -2.42. The molecule has 18 heavy (non-hydrogen) atoms. The second-order valence-corrected chi connectivity index (χ2v) is 6.90. The topological polar surface area (TPSA) is 32.3 Å². The average Bonchev–Trinajstić information content (AvgIpc) is 2.57. The SMILES string of the molecule is CC1CCC(CNCC2(O)CCCCCC2)CC1. The third-order valence-corrected chi connectivity index (χ3v) is 5.06. The molecular formula is C16H31NO. The molecule has 0 radical (unpaired) electrons. The molecule has 2 fully saturated rings. The molecule has 2 heteroatoms. The summed E-state index contributed by atoms with van der Waals surface area (Å²) in [6.07, 6.45) is 12.6. The maximum Gasteiger partial charge on any atom is 0.0771 e. The minimum absolute atomic E-state index is 0.404. The zero-order valence-corrected chi connectivity index (χ0v) is 12.1. The van der Waals surface area contributed by atoms with Crippen LogP contribution in [0.25, 0.3) is 0 Å². The summed E-state index contributed by atoms with van der Waals surface area (Å²) in [7, 11) is 0. The molecule has 0 bridgehead atoms. The van der Waals surface area contributed by atoms with Gasteiger partial charge in [0.05, 0.1) is 5.60 Å². The van der Waals surface area contributed by atoms with Crippen molar-refractivity contribution < 1.29 is 5.11 Å². The van der Waals surface area contributed by atoms with E-state index in [0.29, 0.717) is 0 Å². The van der Waals surface area contributed by atoms with E-state index in [0.717, 1.165) is 37.8 Å². The number of hydrogen-bond donors (Lipinski definition) is 2. The molecule has 0 aromatic rings. The van der Waals surface area contributed by atoms with Crippen LogP contribution in [0.2, 0.25) is 0 Å². The van der Waals surface area contributed by atoms with Crippen molar-refractivity contribution >= 4 is 0 Å². The molecule has 0 amide bonds. The smallest absolute Gasteiger partial charge is 0.0771 e. The van der Waals surface area contributed by atoms with Gasteiger partial charge in [0.2, 0.25) is 0 Å². The van der Waals surface area contributed by atoms with E-state index in [2.05, 4.69) is 12.2 Å². The Morgan fingerprint density at radius 1 is 1.00 bits per heavy atom. The van der Waals surface area contributed by atoms with Crippen molar-refractivity contribution in [3.8, 4) is 0 Å². The van der Waals surface area contributed by atoms with Crippen LogP contribution in [0, 0.1) is 11.8 Å². The lowest BCUT2D eigenvalue weighted by Gasteiger charge is -2.30. The molecule has 2 saturated carbocycles. The van der Waals surface area contributed by atoms with Crippen LogP contribution in [-0.4, -0.2) is 23.8 Å². The summed E-state index contributed by atoms with van der Waals surface area (Å²) in [6, 6.07) is 0. The van der Waals surface area contributed by atoms with Gasteiger partial charge < -0.3 is 10.4 Å². The Hall–Kier alpha value is -0.0800. The lowest BCUT2D eigenvalue weighted by atomic mass is 9.83. The van der Waals surface area contributed by atoms with Crippen molar-refractivity contribution in [1.29, 1.82) is 0 Å². The van der Waals surface area contributed by atoms with E-state index in [-0.39, 0.29) is 0 Å². The summed E-state index contributed by atoms with van der Waals surface area (Å²) in [5, 5.41) is 14.1. The van der Waals surface area contributed by atoms with Crippen LogP contribution in [0.5, 0.6) is 0 Å². The van der Waals surface area contributed by atoms with Crippen LogP contribution < -0.4 is 5.32 Å². The van der Waals surface area contributed by atoms with E-state index in [9.17, 15) is 5.11 Å². The molecule has 0 aromatic heterocycles. The van der Waals surface area contributed by atoms with Crippen molar-refractivity contribution in [2.75, 3.05) is 13.1 Å². The van der Waals surface area contributed by atoms with Gasteiger partial charge in [-0.3, -0.25) is 0 Å². The monoisotopic (exact) mass is 253 g/mol. The molecule has 0 spiro atoms. The molecule has 2 N–H and O–H groups in total. The summed E-state index contributed by atoms with van der Waals surface area (Å²) in [5.41, 5.74) is -0.404. The number of nitrogens with one attached hydrogen (secondary N) is 1. The molecule has 2 aliphatic rings. The third-order valence-electron chi connectivity index (χ3n) is 5.06. The molecule has 0 saturated heterocycles. The molecule has 2 nitrogen and oxygen atoms in total. The standard InChI is InChI=1S/C16H31NO/c1-14-6-8-15(9-7-14)12-17-13-16(18)10-4-2-3-5-11-16/h14-15,17-18H,2-13H2,1H3. The third kappa shape index (κ3) is 4.55. The molecule has 106 valence electrons. The van der Waals surface area contributed by atoms with Crippen molar-refractivity contribution in [1.82, 2.24) is 5.32 Å². The first kappa shape index (κ1) is 14.3. The van der Waals surface area contributed by atoms with Crippen molar-refractivity contribution in [3.05, 3.63) is 0 Å². The highest BCUT2D eigenvalue weighted by molar-refractivity contribution is 4.84. The number of hydrogen-bond acceptors (Lipinski definition) is 2. The highest BCUT2D eigenvalue weighted by atomic mass is 16.3. The zero-order valence-electron chi connectivity index (χ0n) is 12.1. The van der Waals surface area contributed by atoms with Gasteiger partial charge in [-0.1, -0.05) is 45.4 Å². The van der Waals surface area contributed by atoms with Crippen LogP contribution in [0.15, 0.2) is 0 Å². The predicted molar refractivity (Wildman–Crippen MR) is 76.6 cm³/mol. The number of aliphatic hydroxyl groups is 1. The van der Waals surface area contributed by atoms with Gasteiger partial charge in [-0.05, 0) is 44.1 Å². The molecule has 0 atom stereocenters. The van der Waals surface area contributed by atoms with E-state index in [1.807, 2.05) is 0 Å². The summed E-state index contributed by atoms with van der Waals surface area (Å²) in [4.78, 5) is 0. The minimum atomic E-state index is -0.404. The highest BCUT2D eigenvalue weighted by Crippen LogP contribution is 2.29. The Morgan fingerprint density at radius 3 is 2.22 bits per heavy atom. The van der Waals surface area contributed by atoms with Crippen molar-refractivity contribution in [2.24, 2.45) is 11.8 Å². The molecule has 0 aromatic carbocycles. The van der Waals surface area contributed by atoms with Gasteiger partial charge in [0.15, 0.2) is 0 Å². The van der Waals surface area contributed by atoms with Crippen molar-refractivity contribution in [2.45, 2.75) is 76.7 Å². The van der Waals surface area contributed by atoms with Crippen LogP contribution in [0.1, 0.15) is 71.1 Å². The van der Waals surface area contributed by atoms with Gasteiger partial charge in [0.25, 0.3) is 0 Å². The normalized spacial score (nSPS) is 33.0. The minimum Gasteiger partial charge on any atom is -0.389 e. The van der Waals surface area contributed by atoms with Crippen molar-refractivity contribution in [3.63, 3.8) is 0 Å².